The molecule has 9 nitrogen and oxygen atoms in total. The molecule has 4 N–H and O–H groups in total. The van der Waals surface area contributed by atoms with Gasteiger partial charge >= 0.3 is 5.97 Å². The first-order valence-corrected chi connectivity index (χ1v) is 6.22. The number of imidazole rings is 1. The number of amides is 1. The van der Waals surface area contributed by atoms with Gasteiger partial charge in [0.2, 0.25) is 5.91 Å². The van der Waals surface area contributed by atoms with Gasteiger partial charge in [-0.05, 0) is 0 Å². The summed E-state index contributed by atoms with van der Waals surface area (Å²) in [5, 5.41) is 8.44. The number of hydrogen-bond donors (Lipinski definition) is 3. The number of aryl methyl sites for hydroxylation is 1. The second kappa shape index (κ2) is 5.14. The number of nitrogens with one attached hydrogen (secondary N) is 1. The average molecular weight is 276 g/mol. The van der Waals surface area contributed by atoms with Gasteiger partial charge in [0.1, 0.15) is 6.04 Å². The van der Waals surface area contributed by atoms with Crippen molar-refractivity contribution in [1.29, 1.82) is 0 Å². The molecule has 0 bridgehead atoms. The first-order chi connectivity index (χ1) is 8.22. The predicted octanol–water partition coefficient (Wildman–Crippen LogP) is -1.97. The van der Waals surface area contributed by atoms with Crippen molar-refractivity contribution in [2.24, 2.45) is 12.8 Å². The van der Waals surface area contributed by atoms with Crippen molar-refractivity contribution in [2.45, 2.75) is 17.5 Å². The molecule has 0 aliphatic rings. The van der Waals surface area contributed by atoms with Gasteiger partial charge in [0, 0.05) is 13.2 Å². The zero-order valence-corrected chi connectivity index (χ0v) is 10.2. The van der Waals surface area contributed by atoms with Crippen LogP contribution in [0.4, 0.5) is 0 Å². The van der Waals surface area contributed by atoms with E-state index >= 15 is 0 Å². The van der Waals surface area contributed by atoms with Crippen molar-refractivity contribution >= 4 is 21.9 Å². The quantitative estimate of drug-likeness (QED) is 0.549. The smallest absolute Gasteiger partial charge is 0.322 e. The summed E-state index contributed by atoms with van der Waals surface area (Å²) in [7, 11) is -2.54. The molecule has 1 aromatic rings. The molecule has 0 aromatic carbocycles. The monoisotopic (exact) mass is 276 g/mol. The van der Waals surface area contributed by atoms with E-state index in [9.17, 15) is 18.0 Å². The Labute approximate surface area is 103 Å². The highest BCUT2D eigenvalue weighted by Crippen LogP contribution is 2.06. The number of aliphatic carboxylic acids is 1. The van der Waals surface area contributed by atoms with E-state index < -0.39 is 34.4 Å². The number of carbonyl (C=O) groups is 2. The zero-order chi connectivity index (χ0) is 13.9. The lowest BCUT2D eigenvalue weighted by Crippen LogP contribution is -2.43. The van der Waals surface area contributed by atoms with Gasteiger partial charge in [-0.2, -0.15) is 4.72 Å². The fraction of sp³-hybridized carbons (Fsp3) is 0.375. The zero-order valence-electron chi connectivity index (χ0n) is 9.40. The lowest BCUT2D eigenvalue weighted by molar-refractivity contribution is -0.140. The molecule has 0 radical (unpaired) electrons. The Bertz CT molecular complexity index is 564. The van der Waals surface area contributed by atoms with Crippen LogP contribution in [0.25, 0.3) is 0 Å². The fourth-order valence-corrected chi connectivity index (χ4v) is 2.33. The minimum atomic E-state index is -4.10. The number of carboxylic acid groups (broad SMARTS) is 1. The first kappa shape index (κ1) is 14.1. The van der Waals surface area contributed by atoms with Crippen LogP contribution in [0.3, 0.4) is 0 Å². The Kier molecular flexibility index (Phi) is 4.03. The van der Waals surface area contributed by atoms with Crippen LogP contribution in [0.1, 0.15) is 6.42 Å². The number of aromatic nitrogens is 2. The normalized spacial score (nSPS) is 13.2. The number of primary amides is 1. The topological polar surface area (TPSA) is 144 Å². The van der Waals surface area contributed by atoms with E-state index in [2.05, 4.69) is 4.98 Å². The molecule has 1 aromatic heterocycles. The molecule has 0 saturated carbocycles. The molecule has 1 atom stereocenters. The molecule has 0 aliphatic heterocycles. The summed E-state index contributed by atoms with van der Waals surface area (Å²) in [6.45, 7) is 0. The van der Waals surface area contributed by atoms with E-state index in [-0.39, 0.29) is 5.03 Å². The molecular weight excluding hydrogens is 264 g/mol. The van der Waals surface area contributed by atoms with Crippen LogP contribution < -0.4 is 10.5 Å². The second-order valence-corrected chi connectivity index (χ2v) is 5.22. The molecule has 0 saturated heterocycles. The third-order valence-corrected chi connectivity index (χ3v) is 3.31. The van der Waals surface area contributed by atoms with Crippen LogP contribution in [-0.4, -0.2) is 41.0 Å². The van der Waals surface area contributed by atoms with Gasteiger partial charge in [-0.15, -0.1) is 0 Å². The average Bonchev–Trinajstić information content (AvgIpc) is 2.63. The van der Waals surface area contributed by atoms with E-state index in [1.807, 2.05) is 4.72 Å². The van der Waals surface area contributed by atoms with Gasteiger partial charge in [-0.3, -0.25) is 9.59 Å². The summed E-state index contributed by atoms with van der Waals surface area (Å²) >= 11 is 0. The molecule has 18 heavy (non-hydrogen) atoms. The lowest BCUT2D eigenvalue weighted by Gasteiger charge is -2.11. The maximum Gasteiger partial charge on any atom is 0.322 e. The van der Waals surface area contributed by atoms with Gasteiger partial charge in [0.05, 0.1) is 12.7 Å². The fourth-order valence-electron chi connectivity index (χ4n) is 1.16. The standard InChI is InChI=1S/C8H12N4O5S/c1-12-3-7(10-4-12)18(16,17)11-5(8(14)15)2-6(9)13/h3-5,11H,2H2,1H3,(H2,9,13)(H,14,15)/t5-/m1/s1. The Balaban J connectivity index is 2.93. The van der Waals surface area contributed by atoms with E-state index in [0.29, 0.717) is 0 Å². The van der Waals surface area contributed by atoms with E-state index in [1.54, 1.807) is 7.05 Å². The Morgan fingerprint density at radius 3 is 2.61 bits per heavy atom. The minimum Gasteiger partial charge on any atom is -0.480 e. The highest BCUT2D eigenvalue weighted by atomic mass is 32.2. The maximum absolute atomic E-state index is 11.7. The first-order valence-electron chi connectivity index (χ1n) is 4.74. The van der Waals surface area contributed by atoms with E-state index in [1.165, 1.54) is 17.1 Å². The molecule has 1 amide bonds. The van der Waals surface area contributed by atoms with E-state index in [0.717, 1.165) is 0 Å². The summed E-state index contributed by atoms with van der Waals surface area (Å²) in [4.78, 5) is 25.0. The van der Waals surface area contributed by atoms with Crippen molar-refractivity contribution in [3.05, 3.63) is 12.5 Å². The largest absolute Gasteiger partial charge is 0.480 e. The molecule has 0 unspecified atom stereocenters. The summed E-state index contributed by atoms with van der Waals surface area (Å²) in [5.41, 5.74) is 4.84. The predicted molar refractivity (Wildman–Crippen MR) is 58.8 cm³/mol. The van der Waals surface area contributed by atoms with Crippen LogP contribution in [0, 0.1) is 0 Å². The summed E-state index contributed by atoms with van der Waals surface area (Å²) in [6, 6.07) is -1.62. The summed E-state index contributed by atoms with van der Waals surface area (Å²) in [6.07, 6.45) is 1.81. The van der Waals surface area contributed by atoms with Gasteiger partial charge in [0.25, 0.3) is 10.0 Å². The number of sulfonamides is 1. The third-order valence-electron chi connectivity index (χ3n) is 1.96. The Morgan fingerprint density at radius 2 is 2.22 bits per heavy atom. The second-order valence-electron chi connectivity index (χ2n) is 3.56. The van der Waals surface area contributed by atoms with Crippen molar-refractivity contribution < 1.29 is 23.1 Å². The number of hydrogen-bond acceptors (Lipinski definition) is 5. The van der Waals surface area contributed by atoms with Gasteiger partial charge < -0.3 is 15.4 Å². The third kappa shape index (κ3) is 3.53. The highest BCUT2D eigenvalue weighted by Gasteiger charge is 2.28. The van der Waals surface area contributed by atoms with Crippen LogP contribution in [0.5, 0.6) is 0 Å². The van der Waals surface area contributed by atoms with Crippen molar-refractivity contribution in [1.82, 2.24) is 14.3 Å². The molecule has 0 spiro atoms. The highest BCUT2D eigenvalue weighted by molar-refractivity contribution is 7.89. The number of nitrogens with two attached hydrogens (primary N) is 1. The molecule has 1 rings (SSSR count). The van der Waals surface area contributed by atoms with Gasteiger partial charge in [0.15, 0.2) is 5.03 Å². The summed E-state index contributed by atoms with van der Waals surface area (Å²) < 4.78 is 26.7. The lowest BCUT2D eigenvalue weighted by atomic mass is 10.2. The van der Waals surface area contributed by atoms with Gasteiger partial charge in [-0.1, -0.05) is 0 Å². The Hall–Kier alpha value is -1.94. The number of carbonyl (C=O) groups excluding carboxylic acids is 1. The molecule has 0 aliphatic carbocycles. The number of carboxylic acids is 1. The van der Waals surface area contributed by atoms with Crippen molar-refractivity contribution in [3.8, 4) is 0 Å². The van der Waals surface area contributed by atoms with Crippen LogP contribution >= 0.6 is 0 Å². The van der Waals surface area contributed by atoms with Crippen molar-refractivity contribution in [2.75, 3.05) is 0 Å². The number of rotatable bonds is 6. The summed E-state index contributed by atoms with van der Waals surface area (Å²) in [5.74, 6) is -2.42. The molecule has 0 fully saturated rings. The molecule has 1 heterocycles. The van der Waals surface area contributed by atoms with Crippen LogP contribution in [0.2, 0.25) is 0 Å². The minimum absolute atomic E-state index is 0.333. The van der Waals surface area contributed by atoms with E-state index in [4.69, 9.17) is 10.8 Å². The number of nitrogens with zero attached hydrogens (tertiary/aromatic N) is 2. The molecule has 100 valence electrons. The molecule has 10 heteroatoms. The van der Waals surface area contributed by atoms with Crippen molar-refractivity contribution in [3.63, 3.8) is 0 Å². The van der Waals surface area contributed by atoms with Gasteiger partial charge in [-0.25, -0.2) is 13.4 Å². The molecular formula is C8H12N4O5S. The Morgan fingerprint density at radius 1 is 1.61 bits per heavy atom. The maximum atomic E-state index is 11.7. The van der Waals surface area contributed by atoms with Crippen LogP contribution in [-0.2, 0) is 26.7 Å². The SMILES string of the molecule is Cn1cnc(S(=O)(=O)N[C@H](CC(N)=O)C(=O)O)c1. The van der Waals surface area contributed by atoms with Crippen LogP contribution in [0.15, 0.2) is 17.6 Å².